The predicted octanol–water partition coefficient (Wildman–Crippen LogP) is 4.78. The lowest BCUT2D eigenvalue weighted by Crippen LogP contribution is -2.33. The van der Waals surface area contributed by atoms with Crippen LogP contribution in [0.2, 0.25) is 0 Å². The first-order valence-electron chi connectivity index (χ1n) is 10.7. The summed E-state index contributed by atoms with van der Waals surface area (Å²) in [5.74, 6) is 1.65. The first-order valence-corrected chi connectivity index (χ1v) is 10.7. The van der Waals surface area contributed by atoms with Crippen molar-refractivity contribution in [3.8, 4) is 11.5 Å². The monoisotopic (exact) mass is 402 g/mol. The van der Waals surface area contributed by atoms with Gasteiger partial charge in [0.1, 0.15) is 0 Å². The van der Waals surface area contributed by atoms with Crippen LogP contribution in [-0.4, -0.2) is 37.1 Å². The van der Waals surface area contributed by atoms with Crippen LogP contribution in [0.25, 0.3) is 10.8 Å². The van der Waals surface area contributed by atoms with Crippen molar-refractivity contribution in [2.45, 2.75) is 25.3 Å². The van der Waals surface area contributed by atoms with Crippen molar-refractivity contribution in [2.75, 3.05) is 31.6 Å². The Hall–Kier alpha value is -3.05. The third kappa shape index (κ3) is 3.85. The maximum atomic E-state index is 12.9. The molecule has 5 rings (SSSR count). The van der Waals surface area contributed by atoms with Crippen LogP contribution >= 0.6 is 0 Å². The molecule has 2 aliphatic rings. The highest BCUT2D eigenvalue weighted by molar-refractivity contribution is 6.02. The van der Waals surface area contributed by atoms with Crippen LogP contribution in [0.4, 0.5) is 5.69 Å². The van der Waals surface area contributed by atoms with Crippen LogP contribution in [0.5, 0.6) is 11.5 Å². The Balaban J connectivity index is 1.31. The van der Waals surface area contributed by atoms with Gasteiger partial charge in [-0.15, -0.1) is 0 Å². The number of likely N-dealkylation sites (tertiary alicyclic amines) is 1. The van der Waals surface area contributed by atoms with Gasteiger partial charge >= 0.3 is 0 Å². The first kappa shape index (κ1) is 18.9. The van der Waals surface area contributed by atoms with E-state index in [1.807, 2.05) is 36.4 Å². The fraction of sp³-hybridized carbons (Fsp3) is 0.320. The number of carbonyl (C=O) groups is 1. The first-order chi connectivity index (χ1) is 14.8. The second-order valence-electron chi connectivity index (χ2n) is 7.96. The van der Waals surface area contributed by atoms with Crippen LogP contribution in [0.3, 0.4) is 0 Å². The van der Waals surface area contributed by atoms with Crippen LogP contribution in [0.15, 0.2) is 60.7 Å². The van der Waals surface area contributed by atoms with E-state index in [0.717, 1.165) is 53.8 Å². The fourth-order valence-corrected chi connectivity index (χ4v) is 4.49. The van der Waals surface area contributed by atoms with E-state index in [1.54, 1.807) is 0 Å². The minimum atomic E-state index is 0.0209. The summed E-state index contributed by atoms with van der Waals surface area (Å²) in [5.41, 5.74) is 2.05. The van der Waals surface area contributed by atoms with Gasteiger partial charge in [-0.25, -0.2) is 0 Å². The topological polar surface area (TPSA) is 50.8 Å². The third-order valence-electron chi connectivity index (χ3n) is 5.93. The molecule has 0 aliphatic carbocycles. The molecule has 0 aromatic heterocycles. The van der Waals surface area contributed by atoms with Crippen molar-refractivity contribution in [3.63, 3.8) is 0 Å². The molecule has 1 amide bonds. The minimum absolute atomic E-state index is 0.0209. The maximum absolute atomic E-state index is 12.9. The van der Waals surface area contributed by atoms with Crippen molar-refractivity contribution >= 4 is 22.4 Å². The summed E-state index contributed by atoms with van der Waals surface area (Å²) in [7, 11) is 0. The van der Waals surface area contributed by atoms with Gasteiger partial charge in [0.2, 0.25) is 5.91 Å². The summed E-state index contributed by atoms with van der Waals surface area (Å²) >= 11 is 0. The molecule has 1 atom stereocenters. The molecule has 30 heavy (non-hydrogen) atoms. The smallest absolute Gasteiger partial charge is 0.238 e. The Morgan fingerprint density at radius 3 is 2.73 bits per heavy atom. The van der Waals surface area contributed by atoms with Gasteiger partial charge in [-0.3, -0.25) is 9.69 Å². The van der Waals surface area contributed by atoms with Gasteiger partial charge < -0.3 is 14.8 Å². The molecular formula is C25H26N2O3. The maximum Gasteiger partial charge on any atom is 0.238 e. The Bertz CT molecular complexity index is 1060. The zero-order valence-electron chi connectivity index (χ0n) is 17.0. The summed E-state index contributed by atoms with van der Waals surface area (Å²) < 4.78 is 11.6. The molecule has 0 bridgehead atoms. The predicted molar refractivity (Wildman–Crippen MR) is 118 cm³/mol. The summed E-state index contributed by atoms with van der Waals surface area (Å²) in [6.07, 6.45) is 3.02. The van der Waals surface area contributed by atoms with Gasteiger partial charge in [-0.05, 0) is 48.5 Å². The number of fused-ring (bicyclic) bond motifs is 2. The lowest BCUT2D eigenvalue weighted by Gasteiger charge is -2.25. The lowest BCUT2D eigenvalue weighted by atomic mass is 10.0. The van der Waals surface area contributed by atoms with E-state index in [9.17, 15) is 4.79 Å². The highest BCUT2D eigenvalue weighted by Crippen LogP contribution is 2.37. The molecule has 154 valence electrons. The molecule has 1 N–H and O–H groups in total. The second kappa shape index (κ2) is 8.36. The number of carbonyl (C=O) groups excluding carboxylic acids is 1. The van der Waals surface area contributed by atoms with Gasteiger partial charge in [0.05, 0.1) is 19.8 Å². The van der Waals surface area contributed by atoms with Crippen molar-refractivity contribution in [3.05, 3.63) is 66.2 Å². The number of rotatable bonds is 4. The third-order valence-corrected chi connectivity index (χ3v) is 5.93. The van der Waals surface area contributed by atoms with E-state index in [2.05, 4.69) is 34.5 Å². The number of nitrogens with zero attached hydrogens (tertiary/aromatic N) is 1. The summed E-state index contributed by atoms with van der Waals surface area (Å²) in [5, 5.41) is 5.31. The largest absolute Gasteiger partial charge is 0.490 e. The zero-order chi connectivity index (χ0) is 20.3. The van der Waals surface area contributed by atoms with Gasteiger partial charge in [0.25, 0.3) is 0 Å². The molecule has 0 saturated carbocycles. The molecular weight excluding hydrogens is 376 g/mol. The standard InChI is InChI=1S/C25H26N2O3/c28-25(26-21-9-3-7-18-6-1-2-8-20(18)21)17-27-13-4-10-22(27)19-11-12-23-24(16-19)30-15-5-14-29-23/h1-3,6-9,11-12,16,22H,4-5,10,13-15,17H2,(H,26,28)/t22-/m1/s1. The van der Waals surface area contributed by atoms with Crippen molar-refractivity contribution < 1.29 is 14.3 Å². The molecule has 1 saturated heterocycles. The second-order valence-corrected chi connectivity index (χ2v) is 7.96. The molecule has 2 heterocycles. The summed E-state index contributed by atoms with van der Waals surface area (Å²) in [4.78, 5) is 15.1. The van der Waals surface area contributed by atoms with Crippen LogP contribution in [0, 0.1) is 0 Å². The van der Waals surface area contributed by atoms with Crippen molar-refractivity contribution in [1.82, 2.24) is 4.90 Å². The number of hydrogen-bond acceptors (Lipinski definition) is 4. The number of anilines is 1. The van der Waals surface area contributed by atoms with Crippen molar-refractivity contribution in [1.29, 1.82) is 0 Å². The number of ether oxygens (including phenoxy) is 2. The van der Waals surface area contributed by atoms with E-state index in [4.69, 9.17) is 9.47 Å². The molecule has 0 unspecified atom stereocenters. The Labute approximate surface area is 176 Å². The molecule has 3 aromatic rings. The van der Waals surface area contributed by atoms with Crippen molar-refractivity contribution in [2.24, 2.45) is 0 Å². The van der Waals surface area contributed by atoms with Gasteiger partial charge in [-0.1, -0.05) is 42.5 Å². The molecule has 1 fully saturated rings. The zero-order valence-corrected chi connectivity index (χ0v) is 17.0. The number of nitrogens with one attached hydrogen (secondary N) is 1. The van der Waals surface area contributed by atoms with Crippen LogP contribution in [-0.2, 0) is 4.79 Å². The lowest BCUT2D eigenvalue weighted by molar-refractivity contribution is -0.117. The average molecular weight is 402 g/mol. The minimum Gasteiger partial charge on any atom is -0.490 e. The van der Waals surface area contributed by atoms with Crippen LogP contribution < -0.4 is 14.8 Å². The van der Waals surface area contributed by atoms with E-state index >= 15 is 0 Å². The highest BCUT2D eigenvalue weighted by Gasteiger charge is 2.28. The summed E-state index contributed by atoms with van der Waals surface area (Å²) in [6, 6.07) is 20.5. The molecule has 0 radical (unpaired) electrons. The average Bonchev–Trinajstić information content (AvgIpc) is 3.09. The van der Waals surface area contributed by atoms with E-state index in [1.165, 1.54) is 5.56 Å². The van der Waals surface area contributed by atoms with Crippen LogP contribution in [0.1, 0.15) is 30.9 Å². The number of benzene rings is 3. The van der Waals surface area contributed by atoms with E-state index in [-0.39, 0.29) is 11.9 Å². The Morgan fingerprint density at radius 1 is 0.967 bits per heavy atom. The molecule has 0 spiro atoms. The Morgan fingerprint density at radius 2 is 1.80 bits per heavy atom. The molecule has 3 aromatic carbocycles. The fourth-order valence-electron chi connectivity index (χ4n) is 4.49. The van der Waals surface area contributed by atoms with E-state index in [0.29, 0.717) is 19.8 Å². The quantitative estimate of drug-likeness (QED) is 0.683. The van der Waals surface area contributed by atoms with Gasteiger partial charge in [0, 0.05) is 23.5 Å². The van der Waals surface area contributed by atoms with Gasteiger partial charge in [-0.2, -0.15) is 0 Å². The SMILES string of the molecule is O=C(CN1CCC[C@@H]1c1ccc2c(c1)OCCCO2)Nc1cccc2ccccc12. The highest BCUT2D eigenvalue weighted by atomic mass is 16.5. The van der Waals surface area contributed by atoms with E-state index < -0.39 is 0 Å². The molecule has 5 heteroatoms. The molecule has 5 nitrogen and oxygen atoms in total. The Kier molecular flexibility index (Phi) is 5.28. The van der Waals surface area contributed by atoms with Gasteiger partial charge in [0.15, 0.2) is 11.5 Å². The normalized spacial score (nSPS) is 18.9. The summed E-state index contributed by atoms with van der Waals surface area (Å²) in [6.45, 7) is 2.67. The molecule has 2 aliphatic heterocycles. The number of amides is 1. The number of hydrogen-bond donors (Lipinski definition) is 1.